The lowest BCUT2D eigenvalue weighted by Crippen LogP contribution is -2.47. The van der Waals surface area contributed by atoms with Crippen LogP contribution < -0.4 is 16.4 Å². The highest BCUT2D eigenvalue weighted by Gasteiger charge is 2.20. The number of nitrogens with two attached hydrogens (primary N) is 1. The summed E-state index contributed by atoms with van der Waals surface area (Å²) in [6, 6.07) is 8.16. The van der Waals surface area contributed by atoms with E-state index in [0.29, 0.717) is 18.2 Å². The molecule has 0 bridgehead atoms. The van der Waals surface area contributed by atoms with Crippen molar-refractivity contribution in [3.05, 3.63) is 30.3 Å². The van der Waals surface area contributed by atoms with E-state index >= 15 is 0 Å². The van der Waals surface area contributed by atoms with Gasteiger partial charge in [-0.05, 0) is 31.4 Å². The number of benzene rings is 1. The maximum Gasteiger partial charge on any atom is 0.319 e. The summed E-state index contributed by atoms with van der Waals surface area (Å²) in [5.41, 5.74) is 6.67. The molecule has 4 N–H and O–H groups in total. The second kappa shape index (κ2) is 10.9. The minimum atomic E-state index is -0.598. The summed E-state index contributed by atoms with van der Waals surface area (Å²) in [4.78, 5) is 25.8. The zero-order chi connectivity index (χ0) is 17.4. The number of hydrogen-bond donors (Lipinski definition) is 3. The molecule has 0 radical (unpaired) electrons. The molecule has 7 heteroatoms. The monoisotopic (exact) mass is 356 g/mol. The maximum absolute atomic E-state index is 12.3. The van der Waals surface area contributed by atoms with E-state index in [1.807, 2.05) is 18.2 Å². The molecule has 0 saturated carbocycles. The molecule has 1 aromatic rings. The van der Waals surface area contributed by atoms with Crippen LogP contribution in [0.3, 0.4) is 0 Å². The normalized spacial score (nSPS) is 12.8. The van der Waals surface area contributed by atoms with Gasteiger partial charge < -0.3 is 21.3 Å². The van der Waals surface area contributed by atoms with Gasteiger partial charge in [0.05, 0.1) is 0 Å². The second-order valence-corrected chi connectivity index (χ2v) is 6.14. The molecule has 0 heterocycles. The first-order valence-corrected chi connectivity index (χ1v) is 7.94. The largest absolute Gasteiger partial charge is 0.344 e. The van der Waals surface area contributed by atoms with Gasteiger partial charge in [0.1, 0.15) is 6.04 Å². The number of para-hydroxylation sites is 1. The van der Waals surface area contributed by atoms with Crippen molar-refractivity contribution in [1.29, 1.82) is 0 Å². The average Bonchev–Trinajstić information content (AvgIpc) is 2.51. The smallest absolute Gasteiger partial charge is 0.319 e. The fourth-order valence-electron chi connectivity index (χ4n) is 2.06. The van der Waals surface area contributed by atoms with E-state index in [1.54, 1.807) is 31.0 Å². The Kier molecular flexibility index (Phi) is 10.1. The van der Waals surface area contributed by atoms with Crippen molar-refractivity contribution >= 4 is 30.0 Å². The minimum Gasteiger partial charge on any atom is -0.344 e. The van der Waals surface area contributed by atoms with Gasteiger partial charge in [0.2, 0.25) is 5.91 Å². The van der Waals surface area contributed by atoms with Crippen molar-refractivity contribution in [1.82, 2.24) is 10.2 Å². The summed E-state index contributed by atoms with van der Waals surface area (Å²) in [5.74, 6) is 0.245. The third kappa shape index (κ3) is 7.66. The van der Waals surface area contributed by atoms with Gasteiger partial charge in [-0.2, -0.15) is 0 Å². The quantitative estimate of drug-likeness (QED) is 0.701. The fourth-order valence-corrected chi connectivity index (χ4v) is 2.06. The lowest BCUT2D eigenvalue weighted by molar-refractivity contribution is -0.131. The van der Waals surface area contributed by atoms with Crippen LogP contribution in [-0.4, -0.2) is 42.5 Å². The molecule has 3 amide bonds. The van der Waals surface area contributed by atoms with E-state index in [4.69, 9.17) is 5.73 Å². The van der Waals surface area contributed by atoms with Crippen LogP contribution in [0.4, 0.5) is 10.5 Å². The average molecular weight is 357 g/mol. The predicted octanol–water partition coefficient (Wildman–Crippen LogP) is 2.45. The van der Waals surface area contributed by atoms with Crippen LogP contribution in [0, 0.1) is 5.92 Å². The third-order valence-electron chi connectivity index (χ3n) is 3.78. The summed E-state index contributed by atoms with van der Waals surface area (Å²) < 4.78 is 0. The zero-order valence-electron chi connectivity index (χ0n) is 14.8. The van der Waals surface area contributed by atoms with E-state index in [2.05, 4.69) is 24.5 Å². The highest BCUT2D eigenvalue weighted by Crippen LogP contribution is 2.06. The Hall–Kier alpha value is -1.79. The van der Waals surface area contributed by atoms with Crippen LogP contribution in [0.2, 0.25) is 0 Å². The Morgan fingerprint density at radius 3 is 2.29 bits per heavy atom. The third-order valence-corrected chi connectivity index (χ3v) is 3.78. The molecule has 0 aliphatic heterocycles. The van der Waals surface area contributed by atoms with Gasteiger partial charge in [-0.15, -0.1) is 12.4 Å². The van der Waals surface area contributed by atoms with Crippen LogP contribution in [0.1, 0.15) is 27.2 Å². The molecule has 136 valence electrons. The van der Waals surface area contributed by atoms with E-state index in [0.717, 1.165) is 6.42 Å². The lowest BCUT2D eigenvalue weighted by Gasteiger charge is -2.24. The SMILES string of the molecule is CC(NC(=O)Nc1ccccc1)C(=O)N(C)CCC(N)C(C)C.Cl. The van der Waals surface area contributed by atoms with Crippen molar-refractivity contribution in [2.24, 2.45) is 11.7 Å². The van der Waals surface area contributed by atoms with Crippen LogP contribution in [0.5, 0.6) is 0 Å². The minimum absolute atomic E-state index is 0. The number of likely N-dealkylation sites (N-methyl/N-ethyl adjacent to an activating group) is 1. The highest BCUT2D eigenvalue weighted by molar-refractivity contribution is 5.93. The number of rotatable bonds is 7. The molecule has 0 aliphatic carbocycles. The van der Waals surface area contributed by atoms with Gasteiger partial charge in [-0.3, -0.25) is 4.79 Å². The maximum atomic E-state index is 12.3. The number of nitrogens with one attached hydrogen (secondary N) is 2. The Morgan fingerprint density at radius 2 is 1.75 bits per heavy atom. The van der Waals surface area contributed by atoms with Crippen molar-refractivity contribution in [3.63, 3.8) is 0 Å². The van der Waals surface area contributed by atoms with E-state index in [1.165, 1.54) is 0 Å². The number of halogens is 1. The van der Waals surface area contributed by atoms with E-state index < -0.39 is 12.1 Å². The Balaban J connectivity index is 0.00000529. The molecule has 0 aromatic heterocycles. The summed E-state index contributed by atoms with van der Waals surface area (Å²) in [5, 5.41) is 5.34. The first-order chi connectivity index (χ1) is 10.8. The number of anilines is 1. The number of carbonyl (C=O) groups is 2. The molecule has 6 nitrogen and oxygen atoms in total. The van der Waals surface area contributed by atoms with Crippen molar-refractivity contribution < 1.29 is 9.59 Å². The molecular weight excluding hydrogens is 328 g/mol. The van der Waals surface area contributed by atoms with Gasteiger partial charge in [-0.25, -0.2) is 4.79 Å². The molecule has 0 saturated heterocycles. The summed E-state index contributed by atoms with van der Waals surface area (Å²) in [6.07, 6.45) is 0.739. The molecule has 2 unspecified atom stereocenters. The Morgan fingerprint density at radius 1 is 1.17 bits per heavy atom. The predicted molar refractivity (Wildman–Crippen MR) is 100 cm³/mol. The second-order valence-electron chi connectivity index (χ2n) is 6.14. The van der Waals surface area contributed by atoms with Gasteiger partial charge in [0.25, 0.3) is 0 Å². The van der Waals surface area contributed by atoms with Crippen molar-refractivity contribution in [2.75, 3.05) is 18.9 Å². The van der Waals surface area contributed by atoms with Crippen molar-refractivity contribution in [2.45, 2.75) is 39.3 Å². The topological polar surface area (TPSA) is 87.5 Å². The molecule has 0 aliphatic rings. The standard InChI is InChI=1S/C17H28N4O2.ClH/c1-12(2)15(18)10-11-21(4)16(22)13(3)19-17(23)20-14-8-6-5-7-9-14;/h5-9,12-13,15H,10-11,18H2,1-4H3,(H2,19,20,23);1H. The van der Waals surface area contributed by atoms with Crippen LogP contribution in [0.25, 0.3) is 0 Å². The first-order valence-electron chi connectivity index (χ1n) is 7.94. The van der Waals surface area contributed by atoms with Crippen molar-refractivity contribution in [3.8, 4) is 0 Å². The molecule has 0 fully saturated rings. The molecule has 24 heavy (non-hydrogen) atoms. The fraction of sp³-hybridized carbons (Fsp3) is 0.529. The number of nitrogens with zero attached hydrogens (tertiary/aromatic N) is 1. The molecule has 1 rings (SSSR count). The summed E-state index contributed by atoms with van der Waals surface area (Å²) in [6.45, 7) is 6.37. The first kappa shape index (κ1) is 22.2. The molecule has 2 atom stereocenters. The molecule has 0 spiro atoms. The Labute approximate surface area is 150 Å². The highest BCUT2D eigenvalue weighted by atomic mass is 35.5. The summed E-state index contributed by atoms with van der Waals surface area (Å²) in [7, 11) is 1.72. The van der Waals surface area contributed by atoms with Crippen LogP contribution in [0.15, 0.2) is 30.3 Å². The number of urea groups is 1. The van der Waals surface area contributed by atoms with Crippen LogP contribution >= 0.6 is 12.4 Å². The molecular formula is C17H29ClN4O2. The van der Waals surface area contributed by atoms with E-state index in [9.17, 15) is 9.59 Å². The molecule has 1 aromatic carbocycles. The van der Waals surface area contributed by atoms with Gasteiger partial charge in [-0.1, -0.05) is 32.0 Å². The van der Waals surface area contributed by atoms with E-state index in [-0.39, 0.29) is 24.4 Å². The zero-order valence-corrected chi connectivity index (χ0v) is 15.6. The van der Waals surface area contributed by atoms with Crippen LogP contribution in [-0.2, 0) is 4.79 Å². The number of carbonyl (C=O) groups excluding carboxylic acids is 2. The lowest BCUT2D eigenvalue weighted by atomic mass is 10.0. The Bertz CT molecular complexity index is 511. The summed E-state index contributed by atoms with van der Waals surface area (Å²) >= 11 is 0. The number of amides is 3. The van der Waals surface area contributed by atoms with Gasteiger partial charge >= 0.3 is 6.03 Å². The number of hydrogen-bond acceptors (Lipinski definition) is 3. The van der Waals surface area contributed by atoms with Gasteiger partial charge in [0.15, 0.2) is 0 Å². The van der Waals surface area contributed by atoms with Gasteiger partial charge in [0, 0.05) is 25.3 Å².